The van der Waals surface area contributed by atoms with Crippen molar-refractivity contribution in [3.63, 3.8) is 0 Å². The van der Waals surface area contributed by atoms with E-state index in [1.807, 2.05) is 0 Å². The molecule has 4 nitrogen and oxygen atoms in total. The average molecular weight is 225 g/mol. The molecule has 0 aromatic heterocycles. The molecule has 0 aromatic carbocycles. The molecule has 2 heterocycles. The number of hydrogen-bond acceptors (Lipinski definition) is 3. The zero-order valence-electron chi connectivity index (χ0n) is 10.2. The summed E-state index contributed by atoms with van der Waals surface area (Å²) in [6, 6.07) is 0.369. The van der Waals surface area contributed by atoms with E-state index >= 15 is 0 Å². The molecule has 2 N–H and O–H groups in total. The smallest absolute Gasteiger partial charge is 0.224 e. The fraction of sp³-hybridized carbons (Fsp3) is 0.917. The van der Waals surface area contributed by atoms with E-state index in [0.29, 0.717) is 6.04 Å². The van der Waals surface area contributed by atoms with Gasteiger partial charge in [0.1, 0.15) is 0 Å². The van der Waals surface area contributed by atoms with Crippen molar-refractivity contribution in [1.29, 1.82) is 0 Å². The Morgan fingerprint density at radius 1 is 1.38 bits per heavy atom. The van der Waals surface area contributed by atoms with Crippen molar-refractivity contribution in [2.45, 2.75) is 31.7 Å². The molecule has 2 rings (SSSR count). The van der Waals surface area contributed by atoms with E-state index in [-0.39, 0.29) is 11.8 Å². The Bertz CT molecular complexity index is 238. The first kappa shape index (κ1) is 11.9. The first-order valence-electron chi connectivity index (χ1n) is 6.45. The van der Waals surface area contributed by atoms with Gasteiger partial charge in [-0.15, -0.1) is 0 Å². The molecule has 2 saturated heterocycles. The number of likely N-dealkylation sites (tertiary alicyclic amines) is 1. The van der Waals surface area contributed by atoms with Crippen LogP contribution in [0.5, 0.6) is 0 Å². The summed E-state index contributed by atoms with van der Waals surface area (Å²) in [7, 11) is 2.13. The quantitative estimate of drug-likeness (QED) is 0.705. The molecule has 0 saturated carbocycles. The summed E-state index contributed by atoms with van der Waals surface area (Å²) in [6.45, 7) is 4.09. The predicted molar refractivity (Wildman–Crippen MR) is 64.3 cm³/mol. The van der Waals surface area contributed by atoms with Gasteiger partial charge in [-0.2, -0.15) is 0 Å². The number of nitrogens with one attached hydrogen (secondary N) is 2. The number of carbonyl (C=O) groups is 1. The number of nitrogens with zero attached hydrogens (tertiary/aromatic N) is 1. The second-order valence-electron chi connectivity index (χ2n) is 5.15. The minimum Gasteiger partial charge on any atom is -0.352 e. The minimum absolute atomic E-state index is 0.195. The Morgan fingerprint density at radius 2 is 2.25 bits per heavy atom. The largest absolute Gasteiger partial charge is 0.352 e. The van der Waals surface area contributed by atoms with Crippen LogP contribution in [0, 0.1) is 5.92 Å². The fourth-order valence-electron chi connectivity index (χ4n) is 2.68. The lowest BCUT2D eigenvalue weighted by molar-refractivity contribution is -0.126. The van der Waals surface area contributed by atoms with Crippen molar-refractivity contribution in [2.75, 3.05) is 33.2 Å². The van der Waals surface area contributed by atoms with E-state index in [4.69, 9.17) is 0 Å². The zero-order chi connectivity index (χ0) is 11.4. The van der Waals surface area contributed by atoms with Crippen LogP contribution in [0.15, 0.2) is 0 Å². The minimum atomic E-state index is 0.195. The third kappa shape index (κ3) is 3.19. The number of amides is 1. The topological polar surface area (TPSA) is 44.4 Å². The Labute approximate surface area is 97.8 Å². The van der Waals surface area contributed by atoms with Gasteiger partial charge in [-0.3, -0.25) is 4.79 Å². The second kappa shape index (κ2) is 5.64. The van der Waals surface area contributed by atoms with E-state index < -0.39 is 0 Å². The molecule has 0 aromatic rings. The molecule has 0 aliphatic carbocycles. The van der Waals surface area contributed by atoms with Gasteiger partial charge in [0.2, 0.25) is 5.91 Å². The molecule has 16 heavy (non-hydrogen) atoms. The summed E-state index contributed by atoms with van der Waals surface area (Å²) >= 11 is 0. The molecule has 92 valence electrons. The summed E-state index contributed by atoms with van der Waals surface area (Å²) in [6.07, 6.45) is 4.50. The Hall–Kier alpha value is -0.610. The third-order valence-electron chi connectivity index (χ3n) is 3.64. The Kier molecular flexibility index (Phi) is 4.18. The van der Waals surface area contributed by atoms with Crippen LogP contribution in [0.2, 0.25) is 0 Å². The van der Waals surface area contributed by atoms with Crippen LogP contribution in [0.4, 0.5) is 0 Å². The van der Waals surface area contributed by atoms with Crippen LogP contribution in [0.1, 0.15) is 25.7 Å². The molecule has 0 bridgehead atoms. The summed E-state index contributed by atoms with van der Waals surface area (Å²) in [4.78, 5) is 14.3. The van der Waals surface area contributed by atoms with Gasteiger partial charge in [-0.05, 0) is 45.8 Å². The molecule has 2 aliphatic rings. The Balaban J connectivity index is 1.77. The summed E-state index contributed by atoms with van der Waals surface area (Å²) in [5, 5.41) is 6.49. The molecule has 0 radical (unpaired) electrons. The summed E-state index contributed by atoms with van der Waals surface area (Å²) < 4.78 is 0. The highest BCUT2D eigenvalue weighted by Crippen LogP contribution is 2.12. The number of rotatable bonds is 2. The van der Waals surface area contributed by atoms with Crippen LogP contribution < -0.4 is 10.6 Å². The fourth-order valence-corrected chi connectivity index (χ4v) is 2.68. The lowest BCUT2D eigenvalue weighted by Gasteiger charge is -2.32. The van der Waals surface area contributed by atoms with Crippen LogP contribution >= 0.6 is 0 Å². The first-order valence-corrected chi connectivity index (χ1v) is 6.45. The third-order valence-corrected chi connectivity index (χ3v) is 3.64. The van der Waals surface area contributed by atoms with Gasteiger partial charge < -0.3 is 15.5 Å². The van der Waals surface area contributed by atoms with E-state index in [2.05, 4.69) is 22.6 Å². The van der Waals surface area contributed by atoms with E-state index in [1.54, 1.807) is 0 Å². The van der Waals surface area contributed by atoms with Gasteiger partial charge in [-0.25, -0.2) is 0 Å². The van der Waals surface area contributed by atoms with Gasteiger partial charge in [0, 0.05) is 19.1 Å². The van der Waals surface area contributed by atoms with Gasteiger partial charge in [0.15, 0.2) is 0 Å². The van der Waals surface area contributed by atoms with E-state index in [1.165, 1.54) is 6.42 Å². The van der Waals surface area contributed by atoms with E-state index in [9.17, 15) is 4.79 Å². The molecular formula is C12H23N3O. The van der Waals surface area contributed by atoms with Crippen LogP contribution in [-0.2, 0) is 4.79 Å². The molecule has 1 amide bonds. The average Bonchev–Trinajstić information content (AvgIpc) is 2.30. The predicted octanol–water partition coefficient (Wildman–Crippen LogP) is 0.196. The molecule has 0 spiro atoms. The van der Waals surface area contributed by atoms with E-state index in [0.717, 1.165) is 45.4 Å². The maximum atomic E-state index is 12.0. The van der Waals surface area contributed by atoms with Gasteiger partial charge in [0.05, 0.1) is 5.92 Å². The van der Waals surface area contributed by atoms with Crippen molar-refractivity contribution in [3.05, 3.63) is 0 Å². The lowest BCUT2D eigenvalue weighted by atomic mass is 9.97. The number of hydrogen-bond donors (Lipinski definition) is 2. The maximum absolute atomic E-state index is 12.0. The molecule has 2 atom stereocenters. The number of carbonyl (C=O) groups excluding carboxylic acids is 1. The molecular weight excluding hydrogens is 202 g/mol. The van der Waals surface area contributed by atoms with Crippen LogP contribution in [0.25, 0.3) is 0 Å². The van der Waals surface area contributed by atoms with Crippen molar-refractivity contribution in [3.8, 4) is 0 Å². The highest BCUT2D eigenvalue weighted by molar-refractivity contribution is 5.79. The monoisotopic (exact) mass is 225 g/mol. The maximum Gasteiger partial charge on any atom is 0.224 e. The van der Waals surface area contributed by atoms with Crippen molar-refractivity contribution >= 4 is 5.91 Å². The summed E-state index contributed by atoms with van der Waals surface area (Å²) in [5.41, 5.74) is 0. The standard InChI is InChI=1S/C12H23N3O/c1-15-7-3-5-11(9-15)14-12(16)10-4-2-6-13-8-10/h10-11,13H,2-9H2,1H3,(H,14,16). The summed E-state index contributed by atoms with van der Waals surface area (Å²) in [5.74, 6) is 0.452. The van der Waals surface area contributed by atoms with Gasteiger partial charge in [-0.1, -0.05) is 0 Å². The highest BCUT2D eigenvalue weighted by atomic mass is 16.2. The molecule has 2 aliphatic heterocycles. The SMILES string of the molecule is CN1CCCC(NC(=O)C2CCCNC2)C1. The lowest BCUT2D eigenvalue weighted by Crippen LogP contribution is -2.50. The molecule has 2 unspecified atom stereocenters. The van der Waals surface area contributed by atoms with Crippen molar-refractivity contribution in [2.24, 2.45) is 5.92 Å². The molecule has 2 fully saturated rings. The van der Waals surface area contributed by atoms with Crippen molar-refractivity contribution in [1.82, 2.24) is 15.5 Å². The van der Waals surface area contributed by atoms with Crippen molar-refractivity contribution < 1.29 is 4.79 Å². The van der Waals surface area contributed by atoms with Crippen LogP contribution in [-0.4, -0.2) is 50.1 Å². The van der Waals surface area contributed by atoms with Gasteiger partial charge in [0.25, 0.3) is 0 Å². The zero-order valence-corrected chi connectivity index (χ0v) is 10.2. The van der Waals surface area contributed by atoms with Crippen LogP contribution in [0.3, 0.4) is 0 Å². The second-order valence-corrected chi connectivity index (χ2v) is 5.15. The number of piperidine rings is 2. The Morgan fingerprint density at radius 3 is 2.94 bits per heavy atom. The van der Waals surface area contributed by atoms with Gasteiger partial charge >= 0.3 is 0 Å². The first-order chi connectivity index (χ1) is 7.75. The normalized spacial score (nSPS) is 32.3. The highest BCUT2D eigenvalue weighted by Gasteiger charge is 2.24. The molecule has 4 heteroatoms. The number of likely N-dealkylation sites (N-methyl/N-ethyl adjacent to an activating group) is 1.